The first-order valence-electron chi connectivity index (χ1n) is 7.81. The van der Waals surface area contributed by atoms with Crippen LogP contribution in [0.2, 0.25) is 0 Å². The molecule has 0 unspecified atom stereocenters. The standard InChI is InChI=1S/C19H19N3O3/c1-3-24-19-10-15(12-21-22-14(2)23)8-9-18(19)25-13-17-7-5-4-6-16(17)11-20/h4-10,12H,3,13H2,1-2H3,(H,22,23). The van der Waals surface area contributed by atoms with Gasteiger partial charge in [-0.1, -0.05) is 18.2 Å². The highest BCUT2D eigenvalue weighted by atomic mass is 16.5. The number of hydrogen-bond acceptors (Lipinski definition) is 5. The van der Waals surface area contributed by atoms with Gasteiger partial charge in [0.15, 0.2) is 11.5 Å². The molecular formula is C19H19N3O3. The maximum atomic E-state index is 10.8. The Balaban J connectivity index is 2.15. The average molecular weight is 337 g/mol. The van der Waals surface area contributed by atoms with Gasteiger partial charge in [-0.2, -0.15) is 10.4 Å². The molecule has 0 aliphatic heterocycles. The zero-order valence-electron chi connectivity index (χ0n) is 14.2. The van der Waals surface area contributed by atoms with E-state index in [9.17, 15) is 4.79 Å². The lowest BCUT2D eigenvalue weighted by Gasteiger charge is -2.13. The largest absolute Gasteiger partial charge is 0.490 e. The number of carbonyl (C=O) groups is 1. The number of benzene rings is 2. The molecule has 0 heterocycles. The van der Waals surface area contributed by atoms with Gasteiger partial charge in [-0.3, -0.25) is 4.79 Å². The number of carbonyl (C=O) groups excluding carboxylic acids is 1. The van der Waals surface area contributed by atoms with E-state index >= 15 is 0 Å². The molecule has 0 bridgehead atoms. The van der Waals surface area contributed by atoms with Crippen LogP contribution in [0.25, 0.3) is 0 Å². The lowest BCUT2D eigenvalue weighted by atomic mass is 10.1. The minimum atomic E-state index is -0.239. The molecule has 1 N–H and O–H groups in total. The molecule has 0 fully saturated rings. The van der Waals surface area contributed by atoms with Crippen LogP contribution in [0.4, 0.5) is 0 Å². The number of rotatable bonds is 7. The van der Waals surface area contributed by atoms with Gasteiger partial charge in [0.25, 0.3) is 0 Å². The molecule has 0 aliphatic carbocycles. The SMILES string of the molecule is CCOc1cc(C=NNC(C)=O)ccc1OCc1ccccc1C#N. The van der Waals surface area contributed by atoms with E-state index in [-0.39, 0.29) is 12.5 Å². The van der Waals surface area contributed by atoms with E-state index in [1.54, 1.807) is 24.3 Å². The van der Waals surface area contributed by atoms with Gasteiger partial charge in [0, 0.05) is 12.5 Å². The Kier molecular flexibility index (Phi) is 6.55. The molecule has 0 aromatic heterocycles. The van der Waals surface area contributed by atoms with Crippen molar-refractivity contribution >= 4 is 12.1 Å². The minimum absolute atomic E-state index is 0.239. The lowest BCUT2D eigenvalue weighted by molar-refractivity contribution is -0.118. The van der Waals surface area contributed by atoms with Crippen LogP contribution >= 0.6 is 0 Å². The van der Waals surface area contributed by atoms with Crippen molar-refractivity contribution in [3.05, 3.63) is 59.2 Å². The summed E-state index contributed by atoms with van der Waals surface area (Å²) < 4.78 is 11.4. The normalized spacial score (nSPS) is 10.3. The summed E-state index contributed by atoms with van der Waals surface area (Å²) in [5.41, 5.74) is 4.50. The fourth-order valence-corrected chi connectivity index (χ4v) is 2.10. The predicted molar refractivity (Wildman–Crippen MR) is 94.5 cm³/mol. The number of amides is 1. The van der Waals surface area contributed by atoms with Gasteiger partial charge in [0.05, 0.1) is 24.5 Å². The molecular weight excluding hydrogens is 318 g/mol. The number of hydrogen-bond donors (Lipinski definition) is 1. The summed E-state index contributed by atoms with van der Waals surface area (Å²) >= 11 is 0. The Bertz CT molecular complexity index is 810. The third-order valence-electron chi connectivity index (χ3n) is 3.22. The van der Waals surface area contributed by atoms with Crippen LogP contribution in [-0.4, -0.2) is 18.7 Å². The van der Waals surface area contributed by atoms with E-state index in [1.807, 2.05) is 25.1 Å². The smallest absolute Gasteiger partial charge is 0.236 e. The topological polar surface area (TPSA) is 83.7 Å². The van der Waals surface area contributed by atoms with Crippen LogP contribution in [0.15, 0.2) is 47.6 Å². The van der Waals surface area contributed by atoms with Crippen molar-refractivity contribution in [1.29, 1.82) is 5.26 Å². The summed E-state index contributed by atoms with van der Waals surface area (Å²) in [7, 11) is 0. The van der Waals surface area contributed by atoms with Crippen molar-refractivity contribution < 1.29 is 14.3 Å². The molecule has 2 aromatic rings. The Morgan fingerprint density at radius 3 is 2.76 bits per heavy atom. The van der Waals surface area contributed by atoms with Crippen molar-refractivity contribution in [2.45, 2.75) is 20.5 Å². The van der Waals surface area contributed by atoms with E-state index in [0.29, 0.717) is 23.7 Å². The highest BCUT2D eigenvalue weighted by molar-refractivity contribution is 5.82. The molecule has 0 aliphatic rings. The summed E-state index contributed by atoms with van der Waals surface area (Å²) in [4.78, 5) is 10.8. The quantitative estimate of drug-likeness (QED) is 0.622. The molecule has 25 heavy (non-hydrogen) atoms. The van der Waals surface area contributed by atoms with Gasteiger partial charge in [-0.05, 0) is 36.8 Å². The average Bonchev–Trinajstić information content (AvgIpc) is 2.61. The van der Waals surface area contributed by atoms with Crippen molar-refractivity contribution in [2.24, 2.45) is 5.10 Å². The van der Waals surface area contributed by atoms with Crippen LogP contribution < -0.4 is 14.9 Å². The second-order valence-corrected chi connectivity index (χ2v) is 5.12. The molecule has 2 rings (SSSR count). The molecule has 0 atom stereocenters. The summed E-state index contributed by atoms with van der Waals surface area (Å²) in [6, 6.07) is 14.8. The van der Waals surface area contributed by atoms with Crippen molar-refractivity contribution in [2.75, 3.05) is 6.61 Å². The fraction of sp³-hybridized carbons (Fsp3) is 0.211. The van der Waals surface area contributed by atoms with Gasteiger partial charge in [-0.15, -0.1) is 0 Å². The summed E-state index contributed by atoms with van der Waals surface area (Å²) in [5, 5.41) is 13.0. The fourth-order valence-electron chi connectivity index (χ4n) is 2.10. The summed E-state index contributed by atoms with van der Waals surface area (Å²) in [5.74, 6) is 0.910. The molecule has 6 nitrogen and oxygen atoms in total. The molecule has 6 heteroatoms. The zero-order chi connectivity index (χ0) is 18.1. The van der Waals surface area contributed by atoms with E-state index in [4.69, 9.17) is 14.7 Å². The molecule has 0 saturated carbocycles. The lowest BCUT2D eigenvalue weighted by Crippen LogP contribution is -2.12. The monoisotopic (exact) mass is 337 g/mol. The van der Waals surface area contributed by atoms with Crippen molar-refractivity contribution in [3.8, 4) is 17.6 Å². The number of nitrogens with zero attached hydrogens (tertiary/aromatic N) is 2. The molecule has 0 saturated heterocycles. The number of nitrogens with one attached hydrogen (secondary N) is 1. The molecule has 0 spiro atoms. The second kappa shape index (κ2) is 9.08. The third-order valence-corrected chi connectivity index (χ3v) is 3.22. The Labute approximate surface area is 146 Å². The highest BCUT2D eigenvalue weighted by Gasteiger charge is 2.08. The van der Waals surface area contributed by atoms with Crippen LogP contribution in [0.1, 0.15) is 30.5 Å². The predicted octanol–water partition coefficient (Wildman–Crippen LogP) is 3.01. The maximum Gasteiger partial charge on any atom is 0.236 e. The van der Waals surface area contributed by atoms with E-state index in [0.717, 1.165) is 11.1 Å². The first kappa shape index (κ1) is 18.0. The van der Waals surface area contributed by atoms with Gasteiger partial charge < -0.3 is 9.47 Å². The van der Waals surface area contributed by atoms with Gasteiger partial charge >= 0.3 is 0 Å². The maximum absolute atomic E-state index is 10.8. The van der Waals surface area contributed by atoms with Crippen molar-refractivity contribution in [3.63, 3.8) is 0 Å². The number of nitriles is 1. The number of ether oxygens (including phenoxy) is 2. The summed E-state index contributed by atoms with van der Waals surface area (Å²) in [6.07, 6.45) is 1.53. The zero-order valence-corrected chi connectivity index (χ0v) is 14.2. The molecule has 1 amide bonds. The Morgan fingerprint density at radius 2 is 2.04 bits per heavy atom. The Hall–Kier alpha value is -3.33. The van der Waals surface area contributed by atoms with Gasteiger partial charge in [-0.25, -0.2) is 5.43 Å². The molecule has 2 aromatic carbocycles. The second-order valence-electron chi connectivity index (χ2n) is 5.12. The summed E-state index contributed by atoms with van der Waals surface area (Å²) in [6.45, 7) is 4.02. The Morgan fingerprint density at radius 1 is 1.24 bits per heavy atom. The minimum Gasteiger partial charge on any atom is -0.490 e. The van der Waals surface area contributed by atoms with Gasteiger partial charge in [0.2, 0.25) is 5.91 Å². The first-order chi connectivity index (χ1) is 12.1. The van der Waals surface area contributed by atoms with Crippen LogP contribution in [0.5, 0.6) is 11.5 Å². The first-order valence-corrected chi connectivity index (χ1v) is 7.81. The highest BCUT2D eigenvalue weighted by Crippen LogP contribution is 2.29. The van der Waals surface area contributed by atoms with Crippen LogP contribution in [-0.2, 0) is 11.4 Å². The van der Waals surface area contributed by atoms with E-state index in [1.165, 1.54) is 13.1 Å². The molecule has 0 radical (unpaired) electrons. The van der Waals surface area contributed by atoms with E-state index in [2.05, 4.69) is 16.6 Å². The van der Waals surface area contributed by atoms with Gasteiger partial charge in [0.1, 0.15) is 6.61 Å². The molecule has 128 valence electrons. The van der Waals surface area contributed by atoms with Crippen LogP contribution in [0, 0.1) is 11.3 Å². The van der Waals surface area contributed by atoms with Crippen LogP contribution in [0.3, 0.4) is 0 Å². The van der Waals surface area contributed by atoms with E-state index < -0.39 is 0 Å². The van der Waals surface area contributed by atoms with Crippen molar-refractivity contribution in [1.82, 2.24) is 5.43 Å². The third kappa shape index (κ3) is 5.36. The number of hydrazone groups is 1.